The first-order valence-corrected chi connectivity index (χ1v) is 7.83. The van der Waals surface area contributed by atoms with Crippen LogP contribution in [0.25, 0.3) is 0 Å². The maximum Gasteiger partial charge on any atom is 0.0773 e. The summed E-state index contributed by atoms with van der Waals surface area (Å²) in [6.45, 7) is 4.97. The van der Waals surface area contributed by atoms with E-state index in [1.54, 1.807) is 0 Å². The number of hydrogen-bond donors (Lipinski definition) is 2. The molecular weight excluding hydrogens is 260 g/mol. The van der Waals surface area contributed by atoms with Gasteiger partial charge in [-0.25, -0.2) is 0 Å². The average molecular weight is 292 g/mol. The van der Waals surface area contributed by atoms with Crippen molar-refractivity contribution in [3.05, 3.63) is 0 Å². The fourth-order valence-corrected chi connectivity index (χ4v) is 1.79. The van der Waals surface area contributed by atoms with Crippen molar-refractivity contribution in [2.75, 3.05) is 46.2 Å². The van der Waals surface area contributed by atoms with E-state index in [-0.39, 0.29) is 12.7 Å². The van der Waals surface area contributed by atoms with Gasteiger partial charge in [0, 0.05) is 0 Å². The second-order valence-electron chi connectivity index (χ2n) is 4.88. The van der Waals surface area contributed by atoms with Crippen LogP contribution in [0.3, 0.4) is 0 Å². The van der Waals surface area contributed by atoms with Crippen LogP contribution < -0.4 is 0 Å². The van der Waals surface area contributed by atoms with Crippen molar-refractivity contribution in [3.63, 3.8) is 0 Å². The van der Waals surface area contributed by atoms with Crippen molar-refractivity contribution in [2.24, 2.45) is 0 Å². The van der Waals surface area contributed by atoms with Crippen LogP contribution in [0.5, 0.6) is 0 Å². The normalized spacial score (nSPS) is 12.8. The van der Waals surface area contributed by atoms with Crippen LogP contribution in [-0.2, 0) is 14.2 Å². The second-order valence-corrected chi connectivity index (χ2v) is 4.88. The van der Waals surface area contributed by atoms with E-state index in [1.165, 1.54) is 25.7 Å². The molecule has 122 valence electrons. The maximum absolute atomic E-state index is 9.70. The number of hydrogen-bond acceptors (Lipinski definition) is 5. The SMILES string of the molecule is CCCCCCCC(O)COCCOCCOCCO. The molecule has 0 spiro atoms. The molecule has 0 heterocycles. The number of aliphatic hydroxyl groups is 2. The molecule has 0 bridgehead atoms. The molecular formula is C15H32O5. The van der Waals surface area contributed by atoms with E-state index in [9.17, 15) is 5.11 Å². The van der Waals surface area contributed by atoms with Gasteiger partial charge >= 0.3 is 0 Å². The van der Waals surface area contributed by atoms with Crippen molar-refractivity contribution >= 4 is 0 Å². The van der Waals surface area contributed by atoms with Crippen LogP contribution >= 0.6 is 0 Å². The first-order chi connectivity index (χ1) is 9.81. The molecule has 0 rings (SSSR count). The molecule has 0 aromatic carbocycles. The molecule has 0 saturated heterocycles. The summed E-state index contributed by atoms with van der Waals surface area (Å²) in [7, 11) is 0. The summed E-state index contributed by atoms with van der Waals surface area (Å²) in [6.07, 6.45) is 6.52. The number of ether oxygens (including phenoxy) is 3. The van der Waals surface area contributed by atoms with Gasteiger partial charge in [0.1, 0.15) is 0 Å². The lowest BCUT2D eigenvalue weighted by atomic mass is 10.1. The molecule has 0 aromatic heterocycles. The standard InChI is InChI=1S/C15H32O5/c1-2-3-4-5-6-7-15(17)14-20-13-12-19-11-10-18-9-8-16/h15-17H,2-14H2,1H3. The maximum atomic E-state index is 9.70. The quantitative estimate of drug-likeness (QED) is 0.424. The van der Waals surface area contributed by atoms with E-state index < -0.39 is 0 Å². The Morgan fingerprint density at radius 1 is 0.800 bits per heavy atom. The van der Waals surface area contributed by atoms with Crippen LogP contribution in [0.15, 0.2) is 0 Å². The van der Waals surface area contributed by atoms with E-state index >= 15 is 0 Å². The molecule has 0 aromatic rings. The lowest BCUT2D eigenvalue weighted by Crippen LogP contribution is -2.18. The van der Waals surface area contributed by atoms with Gasteiger partial charge in [0.25, 0.3) is 0 Å². The third-order valence-corrected chi connectivity index (χ3v) is 2.93. The Balaban J connectivity index is 3.09. The fraction of sp³-hybridized carbons (Fsp3) is 1.00. The topological polar surface area (TPSA) is 68.2 Å². The predicted molar refractivity (Wildman–Crippen MR) is 78.9 cm³/mol. The molecule has 0 aliphatic heterocycles. The first-order valence-electron chi connectivity index (χ1n) is 7.83. The summed E-state index contributed by atoms with van der Waals surface area (Å²) >= 11 is 0. The van der Waals surface area contributed by atoms with Gasteiger partial charge in [-0.2, -0.15) is 0 Å². The Bertz CT molecular complexity index is 178. The zero-order valence-corrected chi connectivity index (χ0v) is 12.9. The largest absolute Gasteiger partial charge is 0.394 e. The smallest absolute Gasteiger partial charge is 0.0773 e. The minimum atomic E-state index is -0.357. The third kappa shape index (κ3) is 15.9. The summed E-state index contributed by atoms with van der Waals surface area (Å²) in [5.41, 5.74) is 0. The molecule has 20 heavy (non-hydrogen) atoms. The highest BCUT2D eigenvalue weighted by Gasteiger charge is 2.03. The van der Waals surface area contributed by atoms with Gasteiger partial charge in [-0.05, 0) is 6.42 Å². The molecule has 0 saturated carbocycles. The van der Waals surface area contributed by atoms with E-state index in [1.807, 2.05) is 0 Å². The van der Waals surface area contributed by atoms with E-state index in [2.05, 4.69) is 6.92 Å². The fourth-order valence-electron chi connectivity index (χ4n) is 1.79. The Morgan fingerprint density at radius 3 is 2.05 bits per heavy atom. The first kappa shape index (κ1) is 19.8. The zero-order valence-electron chi connectivity index (χ0n) is 12.9. The second kappa shape index (κ2) is 16.9. The van der Waals surface area contributed by atoms with Gasteiger partial charge in [-0.15, -0.1) is 0 Å². The Labute approximate surface area is 123 Å². The van der Waals surface area contributed by atoms with Gasteiger partial charge in [-0.1, -0.05) is 39.0 Å². The van der Waals surface area contributed by atoms with Gasteiger partial charge in [0.05, 0.1) is 52.4 Å². The molecule has 0 aliphatic rings. The highest BCUT2D eigenvalue weighted by atomic mass is 16.5. The zero-order chi connectivity index (χ0) is 14.9. The van der Waals surface area contributed by atoms with Crippen molar-refractivity contribution < 1.29 is 24.4 Å². The molecule has 2 N–H and O–H groups in total. The lowest BCUT2D eigenvalue weighted by Gasteiger charge is -2.11. The predicted octanol–water partition coefficient (Wildman–Crippen LogP) is 1.75. The minimum absolute atomic E-state index is 0.0411. The molecule has 1 unspecified atom stereocenters. The van der Waals surface area contributed by atoms with Crippen molar-refractivity contribution in [1.29, 1.82) is 0 Å². The Kier molecular flexibility index (Phi) is 16.7. The summed E-state index contributed by atoms with van der Waals surface area (Å²) in [5.74, 6) is 0. The molecule has 5 nitrogen and oxygen atoms in total. The average Bonchev–Trinajstić information content (AvgIpc) is 2.45. The summed E-state index contributed by atoms with van der Waals surface area (Å²) in [4.78, 5) is 0. The molecule has 0 fully saturated rings. The lowest BCUT2D eigenvalue weighted by molar-refractivity contribution is -0.0144. The van der Waals surface area contributed by atoms with Gasteiger partial charge in [0.15, 0.2) is 0 Å². The summed E-state index contributed by atoms with van der Waals surface area (Å²) < 4.78 is 15.7. The number of aliphatic hydroxyl groups excluding tert-OH is 2. The molecule has 0 aliphatic carbocycles. The van der Waals surface area contributed by atoms with Crippen LogP contribution in [0, 0.1) is 0 Å². The van der Waals surface area contributed by atoms with Crippen LogP contribution in [-0.4, -0.2) is 62.6 Å². The van der Waals surface area contributed by atoms with E-state index in [0.717, 1.165) is 12.8 Å². The third-order valence-electron chi connectivity index (χ3n) is 2.93. The van der Waals surface area contributed by atoms with Crippen molar-refractivity contribution in [1.82, 2.24) is 0 Å². The van der Waals surface area contributed by atoms with Crippen LogP contribution in [0.4, 0.5) is 0 Å². The molecule has 0 radical (unpaired) electrons. The molecule has 5 heteroatoms. The highest BCUT2D eigenvalue weighted by molar-refractivity contribution is 4.54. The Hall–Kier alpha value is -0.200. The highest BCUT2D eigenvalue weighted by Crippen LogP contribution is 2.07. The van der Waals surface area contributed by atoms with Crippen LogP contribution in [0.2, 0.25) is 0 Å². The van der Waals surface area contributed by atoms with E-state index in [4.69, 9.17) is 19.3 Å². The molecule has 0 amide bonds. The Morgan fingerprint density at radius 2 is 1.40 bits per heavy atom. The summed E-state index contributed by atoms with van der Waals surface area (Å²) in [6, 6.07) is 0. The number of unbranched alkanes of at least 4 members (excludes halogenated alkanes) is 4. The number of rotatable bonds is 16. The van der Waals surface area contributed by atoms with E-state index in [0.29, 0.717) is 39.6 Å². The van der Waals surface area contributed by atoms with Crippen molar-refractivity contribution in [2.45, 2.75) is 51.6 Å². The van der Waals surface area contributed by atoms with Gasteiger partial charge in [-0.3, -0.25) is 0 Å². The molecule has 1 atom stereocenters. The minimum Gasteiger partial charge on any atom is -0.394 e. The van der Waals surface area contributed by atoms with Crippen molar-refractivity contribution in [3.8, 4) is 0 Å². The van der Waals surface area contributed by atoms with Gasteiger partial charge in [0.2, 0.25) is 0 Å². The monoisotopic (exact) mass is 292 g/mol. The van der Waals surface area contributed by atoms with Crippen LogP contribution in [0.1, 0.15) is 45.4 Å². The van der Waals surface area contributed by atoms with Gasteiger partial charge < -0.3 is 24.4 Å². The summed E-state index contributed by atoms with van der Waals surface area (Å²) in [5, 5.41) is 18.2.